The second-order valence-corrected chi connectivity index (χ2v) is 8.70. The molecule has 1 aliphatic heterocycles. The number of ketones is 1. The lowest BCUT2D eigenvalue weighted by molar-refractivity contribution is 0.0703. The average Bonchev–Trinajstić information content (AvgIpc) is 3.45. The summed E-state index contributed by atoms with van der Waals surface area (Å²) in [4.78, 5) is 25.4. The summed E-state index contributed by atoms with van der Waals surface area (Å²) >= 11 is 5.99. The van der Waals surface area contributed by atoms with E-state index in [9.17, 15) is 9.59 Å². The molecule has 174 valence electrons. The summed E-state index contributed by atoms with van der Waals surface area (Å²) in [5, 5.41) is 1.24. The van der Waals surface area contributed by atoms with Crippen LogP contribution in [0.25, 0.3) is 28.2 Å². The molecule has 0 aliphatic carbocycles. The molecule has 2 heterocycles. The van der Waals surface area contributed by atoms with Crippen LogP contribution in [0.3, 0.4) is 0 Å². The van der Waals surface area contributed by atoms with Crippen molar-refractivity contribution in [3.05, 3.63) is 125 Å². The van der Waals surface area contributed by atoms with Gasteiger partial charge in [0.15, 0.2) is 5.76 Å². The Labute approximate surface area is 211 Å². The van der Waals surface area contributed by atoms with Gasteiger partial charge >= 0.3 is 5.97 Å². The molecule has 5 aromatic rings. The van der Waals surface area contributed by atoms with Crippen molar-refractivity contribution in [2.75, 3.05) is 0 Å². The number of halogens is 1. The van der Waals surface area contributed by atoms with Crippen LogP contribution < -0.4 is 9.47 Å². The summed E-state index contributed by atoms with van der Waals surface area (Å²) in [6, 6.07) is 29.2. The number of ether oxygens (including phenoxy) is 2. The van der Waals surface area contributed by atoms with Crippen LogP contribution in [0.1, 0.15) is 26.5 Å². The molecule has 6 heteroatoms. The summed E-state index contributed by atoms with van der Waals surface area (Å²) in [6.45, 7) is 0. The molecule has 0 bridgehead atoms. The van der Waals surface area contributed by atoms with Crippen molar-refractivity contribution in [2.24, 2.45) is 0 Å². The molecular formula is C30H17ClO5. The summed E-state index contributed by atoms with van der Waals surface area (Å²) in [6.07, 6.45) is 1.70. The normalized spacial score (nSPS) is 13.6. The van der Waals surface area contributed by atoms with Gasteiger partial charge in [-0.3, -0.25) is 4.79 Å². The van der Waals surface area contributed by atoms with Gasteiger partial charge < -0.3 is 13.9 Å². The number of furan rings is 1. The quantitative estimate of drug-likeness (QED) is 0.147. The largest absolute Gasteiger partial charge is 0.452 e. The first-order chi connectivity index (χ1) is 17.5. The molecule has 0 spiro atoms. The smallest absolute Gasteiger partial charge is 0.379 e. The lowest BCUT2D eigenvalue weighted by Gasteiger charge is -2.04. The van der Waals surface area contributed by atoms with Gasteiger partial charge in [-0.2, -0.15) is 0 Å². The number of rotatable bonds is 4. The van der Waals surface area contributed by atoms with Crippen LogP contribution in [0.4, 0.5) is 0 Å². The first-order valence-electron chi connectivity index (χ1n) is 11.2. The van der Waals surface area contributed by atoms with E-state index in [-0.39, 0.29) is 23.1 Å². The van der Waals surface area contributed by atoms with E-state index in [1.807, 2.05) is 54.6 Å². The Morgan fingerprint density at radius 2 is 1.61 bits per heavy atom. The number of hydrogen-bond acceptors (Lipinski definition) is 5. The highest BCUT2D eigenvalue weighted by Gasteiger charge is 2.28. The topological polar surface area (TPSA) is 65.7 Å². The highest BCUT2D eigenvalue weighted by Crippen LogP contribution is 2.35. The summed E-state index contributed by atoms with van der Waals surface area (Å²) < 4.78 is 16.8. The molecule has 5 nitrogen and oxygen atoms in total. The van der Waals surface area contributed by atoms with E-state index in [0.717, 1.165) is 16.7 Å². The molecule has 0 radical (unpaired) electrons. The molecule has 4 aromatic carbocycles. The van der Waals surface area contributed by atoms with Crippen LogP contribution in [-0.2, 0) is 0 Å². The standard InChI is InChI=1S/C30H17ClO5/c31-22-10-13-25-21(15-22)16-28(35-25)30(33)34-23-11-12-24-26(17-23)36-27(29(24)32)14-18-6-8-20(9-7-18)19-4-2-1-3-5-19/h1-17H/b27-14-. The van der Waals surface area contributed by atoms with Gasteiger partial charge in [0.05, 0.1) is 5.56 Å². The summed E-state index contributed by atoms with van der Waals surface area (Å²) in [7, 11) is 0. The molecule has 0 fully saturated rings. The molecular weight excluding hydrogens is 476 g/mol. The molecule has 1 aromatic heterocycles. The van der Waals surface area contributed by atoms with E-state index in [2.05, 4.69) is 0 Å². The molecule has 0 unspecified atom stereocenters. The minimum Gasteiger partial charge on any atom is -0.452 e. The Kier molecular flexibility index (Phi) is 5.40. The number of carbonyl (C=O) groups is 2. The van der Waals surface area contributed by atoms with Crippen LogP contribution >= 0.6 is 11.6 Å². The van der Waals surface area contributed by atoms with Gasteiger partial charge in [-0.05, 0) is 59.2 Å². The van der Waals surface area contributed by atoms with Crippen molar-refractivity contribution in [2.45, 2.75) is 0 Å². The van der Waals surface area contributed by atoms with Gasteiger partial charge in [-0.1, -0.05) is 66.2 Å². The van der Waals surface area contributed by atoms with E-state index in [0.29, 0.717) is 27.3 Å². The van der Waals surface area contributed by atoms with E-state index in [1.54, 1.807) is 42.5 Å². The maximum Gasteiger partial charge on any atom is 0.379 e. The maximum atomic E-state index is 12.8. The molecule has 6 rings (SSSR count). The molecule has 0 atom stereocenters. The Bertz CT molecular complexity index is 1660. The fourth-order valence-electron chi connectivity index (χ4n) is 4.06. The van der Waals surface area contributed by atoms with Crippen molar-refractivity contribution < 1.29 is 23.5 Å². The minimum atomic E-state index is -0.666. The SMILES string of the molecule is O=C(Oc1ccc2c(c1)O/C(=C\c1ccc(-c3ccccc3)cc1)C2=O)c1cc2cc(Cl)ccc2o1. The van der Waals surface area contributed by atoms with E-state index < -0.39 is 5.97 Å². The van der Waals surface area contributed by atoms with Gasteiger partial charge in [0.2, 0.25) is 11.5 Å². The predicted octanol–water partition coefficient (Wildman–Crippen LogP) is 7.59. The molecule has 0 N–H and O–H groups in total. The van der Waals surface area contributed by atoms with Crippen molar-refractivity contribution in [3.8, 4) is 22.6 Å². The first kappa shape index (κ1) is 21.9. The third kappa shape index (κ3) is 4.17. The van der Waals surface area contributed by atoms with E-state index in [1.165, 1.54) is 6.07 Å². The number of carbonyl (C=O) groups excluding carboxylic acids is 2. The number of fused-ring (bicyclic) bond motifs is 2. The molecule has 0 saturated heterocycles. The molecule has 36 heavy (non-hydrogen) atoms. The fourth-order valence-corrected chi connectivity index (χ4v) is 4.24. The zero-order valence-electron chi connectivity index (χ0n) is 18.7. The zero-order valence-corrected chi connectivity index (χ0v) is 19.5. The van der Waals surface area contributed by atoms with Gasteiger partial charge in [0, 0.05) is 16.5 Å². The zero-order chi connectivity index (χ0) is 24.6. The lowest BCUT2D eigenvalue weighted by Crippen LogP contribution is -2.07. The van der Waals surface area contributed by atoms with Gasteiger partial charge in [0.1, 0.15) is 17.1 Å². The van der Waals surface area contributed by atoms with E-state index >= 15 is 0 Å². The molecule has 1 aliphatic rings. The van der Waals surface area contributed by atoms with Crippen LogP contribution in [0.5, 0.6) is 11.5 Å². The van der Waals surface area contributed by atoms with E-state index in [4.69, 9.17) is 25.5 Å². The van der Waals surface area contributed by atoms with Crippen LogP contribution in [0.2, 0.25) is 5.02 Å². The fraction of sp³-hybridized carbons (Fsp3) is 0. The summed E-state index contributed by atoms with van der Waals surface area (Å²) in [5.41, 5.74) is 3.97. The number of hydrogen-bond donors (Lipinski definition) is 0. The number of esters is 1. The molecule has 0 amide bonds. The lowest BCUT2D eigenvalue weighted by atomic mass is 10.0. The minimum absolute atomic E-state index is 0.0456. The Morgan fingerprint density at radius 3 is 2.42 bits per heavy atom. The highest BCUT2D eigenvalue weighted by atomic mass is 35.5. The van der Waals surface area contributed by atoms with Crippen molar-refractivity contribution in [1.82, 2.24) is 0 Å². The van der Waals surface area contributed by atoms with Crippen LogP contribution in [0, 0.1) is 0 Å². The second-order valence-electron chi connectivity index (χ2n) is 8.27. The Morgan fingerprint density at radius 1 is 0.833 bits per heavy atom. The van der Waals surface area contributed by atoms with Crippen molar-refractivity contribution in [3.63, 3.8) is 0 Å². The maximum absolute atomic E-state index is 12.8. The number of Topliss-reactive ketones (excluding diaryl/α,β-unsaturated/α-hetero) is 1. The van der Waals surface area contributed by atoms with Gasteiger partial charge in [0.25, 0.3) is 0 Å². The highest BCUT2D eigenvalue weighted by molar-refractivity contribution is 6.31. The van der Waals surface area contributed by atoms with Gasteiger partial charge in [-0.15, -0.1) is 0 Å². The predicted molar refractivity (Wildman–Crippen MR) is 137 cm³/mol. The average molecular weight is 493 g/mol. The monoisotopic (exact) mass is 492 g/mol. The first-order valence-corrected chi connectivity index (χ1v) is 11.6. The third-order valence-electron chi connectivity index (χ3n) is 5.85. The molecule has 0 saturated carbocycles. The third-order valence-corrected chi connectivity index (χ3v) is 6.08. The van der Waals surface area contributed by atoms with Crippen LogP contribution in [0.15, 0.2) is 107 Å². The Balaban J connectivity index is 1.19. The number of benzene rings is 4. The second kappa shape index (κ2) is 8.87. The Hall–Kier alpha value is -4.61. The van der Waals surface area contributed by atoms with Gasteiger partial charge in [-0.25, -0.2) is 4.79 Å². The van der Waals surface area contributed by atoms with Crippen LogP contribution in [-0.4, -0.2) is 11.8 Å². The van der Waals surface area contributed by atoms with Crippen molar-refractivity contribution >= 4 is 40.4 Å². The van der Waals surface area contributed by atoms with Crippen molar-refractivity contribution in [1.29, 1.82) is 0 Å². The summed E-state index contributed by atoms with van der Waals surface area (Å²) in [5.74, 6) is -0.0863. The number of allylic oxidation sites excluding steroid dienone is 1.